The smallest absolute Gasteiger partial charge is 0.365 e. The lowest BCUT2D eigenvalue weighted by molar-refractivity contribution is -0.187. The van der Waals surface area contributed by atoms with Crippen LogP contribution in [0.25, 0.3) is 11.3 Å². The molecule has 31 heavy (non-hydrogen) atoms. The Bertz CT molecular complexity index is 1120. The Morgan fingerprint density at radius 1 is 1.23 bits per heavy atom. The minimum atomic E-state index is -4.35. The van der Waals surface area contributed by atoms with Gasteiger partial charge in [-0.2, -0.15) is 18.3 Å². The number of alkyl halides is 3. The molecular formula is C19H18ClF3N6O2. The predicted molar refractivity (Wildman–Crippen MR) is 107 cm³/mol. The van der Waals surface area contributed by atoms with Crippen LogP contribution in [0.2, 0.25) is 5.02 Å². The van der Waals surface area contributed by atoms with Crippen LogP contribution >= 0.6 is 11.6 Å². The third-order valence-corrected chi connectivity index (χ3v) is 5.16. The van der Waals surface area contributed by atoms with Gasteiger partial charge in [0.1, 0.15) is 12.3 Å². The number of rotatable bonds is 6. The summed E-state index contributed by atoms with van der Waals surface area (Å²) in [6.07, 6.45) is -3.37. The van der Waals surface area contributed by atoms with Crippen molar-refractivity contribution in [3.8, 4) is 11.3 Å². The number of anilines is 1. The Kier molecular flexibility index (Phi) is 5.71. The summed E-state index contributed by atoms with van der Waals surface area (Å²) in [5, 5.41) is 13.0. The van der Waals surface area contributed by atoms with Crippen LogP contribution in [0.4, 0.5) is 18.9 Å². The normalized spacial score (nSPS) is 14.7. The Morgan fingerprint density at radius 3 is 2.58 bits per heavy atom. The number of hydrogen-bond donors (Lipinski definition) is 0. The first-order chi connectivity index (χ1) is 14.7. The zero-order chi connectivity index (χ0) is 22.2. The number of benzene rings is 1. The largest absolute Gasteiger partial charge is 0.411 e. The van der Waals surface area contributed by atoms with Crippen molar-refractivity contribution in [2.24, 2.45) is 7.05 Å². The number of aromatic nitrogens is 5. The fourth-order valence-corrected chi connectivity index (χ4v) is 3.34. The third-order valence-electron chi connectivity index (χ3n) is 4.91. The number of aryl methyl sites for hydroxylation is 1. The second-order valence-electron chi connectivity index (χ2n) is 7.18. The highest BCUT2D eigenvalue weighted by molar-refractivity contribution is 6.30. The van der Waals surface area contributed by atoms with E-state index >= 15 is 0 Å². The van der Waals surface area contributed by atoms with E-state index in [1.165, 1.54) is 16.9 Å². The molecule has 1 aliphatic heterocycles. The summed E-state index contributed by atoms with van der Waals surface area (Å²) in [6, 6.07) is 8.52. The average molecular weight is 455 g/mol. The van der Waals surface area contributed by atoms with E-state index in [4.69, 9.17) is 16.3 Å². The van der Waals surface area contributed by atoms with Gasteiger partial charge < -0.3 is 9.64 Å². The van der Waals surface area contributed by atoms with E-state index in [2.05, 4.69) is 15.4 Å². The predicted octanol–water partition coefficient (Wildman–Crippen LogP) is 2.51. The summed E-state index contributed by atoms with van der Waals surface area (Å²) in [5.41, 5.74) is 2.30. The van der Waals surface area contributed by atoms with E-state index in [-0.39, 0.29) is 25.2 Å². The molecule has 3 heterocycles. The molecule has 164 valence electrons. The van der Waals surface area contributed by atoms with E-state index < -0.39 is 18.9 Å². The number of ether oxygens (including phenoxy) is 1. The van der Waals surface area contributed by atoms with Crippen LogP contribution in [0.3, 0.4) is 0 Å². The molecular weight excluding hydrogens is 437 g/mol. The summed E-state index contributed by atoms with van der Waals surface area (Å²) in [5.74, 6) is 0. The molecule has 0 atom stereocenters. The maximum Gasteiger partial charge on any atom is 0.411 e. The zero-order valence-corrected chi connectivity index (χ0v) is 17.1. The summed E-state index contributed by atoms with van der Waals surface area (Å²) in [4.78, 5) is 14.3. The molecule has 4 rings (SSSR count). The highest BCUT2D eigenvalue weighted by Gasteiger charge is 2.34. The van der Waals surface area contributed by atoms with Crippen molar-refractivity contribution in [1.29, 1.82) is 0 Å². The fourth-order valence-electron chi connectivity index (χ4n) is 3.21. The van der Waals surface area contributed by atoms with Gasteiger partial charge in [0.15, 0.2) is 0 Å². The lowest BCUT2D eigenvalue weighted by Crippen LogP contribution is -2.53. The van der Waals surface area contributed by atoms with Crippen molar-refractivity contribution in [1.82, 2.24) is 24.8 Å². The Labute approximate surface area is 179 Å². The Morgan fingerprint density at radius 2 is 1.94 bits per heavy atom. The summed E-state index contributed by atoms with van der Waals surface area (Å²) in [6.45, 7) is -0.584. The second-order valence-corrected chi connectivity index (χ2v) is 7.61. The molecule has 1 aliphatic rings. The van der Waals surface area contributed by atoms with E-state index in [0.29, 0.717) is 22.1 Å². The van der Waals surface area contributed by atoms with Crippen molar-refractivity contribution in [3.05, 3.63) is 57.6 Å². The molecule has 0 N–H and O–H groups in total. The summed E-state index contributed by atoms with van der Waals surface area (Å²) in [7, 11) is 1.72. The molecule has 0 bridgehead atoms. The maximum atomic E-state index is 12.6. The molecule has 0 aliphatic carbocycles. The van der Waals surface area contributed by atoms with Gasteiger partial charge in [0.05, 0.1) is 30.2 Å². The molecule has 3 aromatic rings. The first-order valence-electron chi connectivity index (χ1n) is 9.34. The fraction of sp³-hybridized carbons (Fsp3) is 0.368. The number of halogens is 4. The zero-order valence-electron chi connectivity index (χ0n) is 16.4. The van der Waals surface area contributed by atoms with Gasteiger partial charge in [0, 0.05) is 36.8 Å². The van der Waals surface area contributed by atoms with E-state index in [9.17, 15) is 18.0 Å². The van der Waals surface area contributed by atoms with Crippen LogP contribution in [-0.2, 0) is 18.3 Å². The molecule has 1 saturated heterocycles. The van der Waals surface area contributed by atoms with Crippen LogP contribution in [0, 0.1) is 0 Å². The van der Waals surface area contributed by atoms with Gasteiger partial charge in [-0.3, -0.25) is 4.79 Å². The highest BCUT2D eigenvalue weighted by atomic mass is 35.5. The second kappa shape index (κ2) is 8.31. The first-order valence-corrected chi connectivity index (χ1v) is 9.72. The van der Waals surface area contributed by atoms with Gasteiger partial charge in [0.2, 0.25) is 0 Å². The Balaban J connectivity index is 1.45. The summed E-state index contributed by atoms with van der Waals surface area (Å²) < 4.78 is 44.3. The topological polar surface area (TPSA) is 78.1 Å². The van der Waals surface area contributed by atoms with Crippen molar-refractivity contribution in [2.45, 2.75) is 18.8 Å². The lowest BCUT2D eigenvalue weighted by atomic mass is 10.1. The van der Waals surface area contributed by atoms with Gasteiger partial charge in [-0.15, -0.1) is 5.10 Å². The Hall–Kier alpha value is -2.92. The molecule has 0 unspecified atom stereocenters. The lowest BCUT2D eigenvalue weighted by Gasteiger charge is -2.40. The minimum Gasteiger partial charge on any atom is -0.365 e. The van der Waals surface area contributed by atoms with Crippen molar-refractivity contribution >= 4 is 17.3 Å². The van der Waals surface area contributed by atoms with Crippen LogP contribution in [-0.4, -0.2) is 56.8 Å². The minimum absolute atomic E-state index is 0.151. The van der Waals surface area contributed by atoms with E-state index in [1.807, 2.05) is 12.1 Å². The van der Waals surface area contributed by atoms with Crippen LogP contribution in [0.15, 0.2) is 41.3 Å². The van der Waals surface area contributed by atoms with Gasteiger partial charge in [-0.05, 0) is 12.1 Å². The third kappa shape index (κ3) is 4.88. The maximum absolute atomic E-state index is 12.6. The van der Waals surface area contributed by atoms with Crippen LogP contribution in [0.1, 0.15) is 5.69 Å². The summed E-state index contributed by atoms with van der Waals surface area (Å²) >= 11 is 5.94. The van der Waals surface area contributed by atoms with Crippen LogP contribution in [0.5, 0.6) is 0 Å². The van der Waals surface area contributed by atoms with E-state index in [0.717, 1.165) is 5.56 Å². The van der Waals surface area contributed by atoms with Gasteiger partial charge >= 0.3 is 6.18 Å². The number of nitrogens with zero attached hydrogens (tertiary/aromatic N) is 6. The van der Waals surface area contributed by atoms with Crippen LogP contribution < -0.4 is 10.5 Å². The monoisotopic (exact) mass is 454 g/mol. The molecule has 0 amide bonds. The molecule has 0 spiro atoms. The molecule has 8 nitrogen and oxygen atoms in total. The molecule has 12 heteroatoms. The van der Waals surface area contributed by atoms with E-state index in [1.54, 1.807) is 28.8 Å². The number of hydrogen-bond acceptors (Lipinski definition) is 6. The van der Waals surface area contributed by atoms with Crippen molar-refractivity contribution in [3.63, 3.8) is 0 Å². The SMILES string of the molecule is Cn1nnc(-c2ccc(Cl)cc2)c1Cn1ncc(N2CC(OCC(F)(F)F)C2)cc1=O. The van der Waals surface area contributed by atoms with Crippen molar-refractivity contribution < 1.29 is 17.9 Å². The standard InChI is InChI=1S/C19H18ClF3N6O2/c1-27-16(18(25-26-27)12-2-4-13(20)5-3-12)10-29-17(30)6-14(7-24-29)28-8-15(9-28)31-11-19(21,22)23/h2-7,15H,8-11H2,1H3. The first kappa shape index (κ1) is 21.3. The van der Waals surface area contributed by atoms with Gasteiger partial charge in [0.25, 0.3) is 5.56 Å². The molecule has 1 fully saturated rings. The highest BCUT2D eigenvalue weighted by Crippen LogP contribution is 2.24. The molecule has 0 saturated carbocycles. The van der Waals surface area contributed by atoms with Crippen molar-refractivity contribution in [2.75, 3.05) is 24.6 Å². The molecule has 1 aromatic carbocycles. The average Bonchev–Trinajstić information content (AvgIpc) is 3.03. The quantitative estimate of drug-likeness (QED) is 0.569. The molecule has 2 aromatic heterocycles. The van der Waals surface area contributed by atoms with Gasteiger partial charge in [-0.1, -0.05) is 28.9 Å². The molecule has 0 radical (unpaired) electrons. The van der Waals surface area contributed by atoms with Gasteiger partial charge in [-0.25, -0.2) is 9.36 Å².